The van der Waals surface area contributed by atoms with Crippen LogP contribution in [0.5, 0.6) is 11.5 Å². The van der Waals surface area contributed by atoms with Crippen molar-refractivity contribution in [3.63, 3.8) is 0 Å². The Balaban J connectivity index is 2.21. The van der Waals surface area contributed by atoms with E-state index in [2.05, 4.69) is 4.90 Å². The van der Waals surface area contributed by atoms with E-state index in [1.54, 1.807) is 6.92 Å². The second-order valence-corrected chi connectivity index (χ2v) is 5.02. The SMILES string of the molecule is CC(CN(c1ccc2c(c1)OCO2)C(C)C)C(=O)O. The lowest BCUT2D eigenvalue weighted by molar-refractivity contribution is -0.140. The van der Waals surface area contributed by atoms with Gasteiger partial charge < -0.3 is 19.5 Å². The fourth-order valence-corrected chi connectivity index (χ4v) is 2.05. The lowest BCUT2D eigenvalue weighted by Gasteiger charge is -2.30. The van der Waals surface area contributed by atoms with Gasteiger partial charge in [0.25, 0.3) is 0 Å². The molecule has 0 aliphatic carbocycles. The Morgan fingerprint density at radius 1 is 1.32 bits per heavy atom. The van der Waals surface area contributed by atoms with Crippen LogP contribution < -0.4 is 14.4 Å². The van der Waals surface area contributed by atoms with Crippen molar-refractivity contribution in [1.29, 1.82) is 0 Å². The summed E-state index contributed by atoms with van der Waals surface area (Å²) in [6, 6.07) is 5.90. The second-order valence-electron chi connectivity index (χ2n) is 5.02. The van der Waals surface area contributed by atoms with Gasteiger partial charge in [-0.3, -0.25) is 4.79 Å². The summed E-state index contributed by atoms with van der Waals surface area (Å²) in [5.41, 5.74) is 0.951. The van der Waals surface area contributed by atoms with Gasteiger partial charge in [0.1, 0.15) is 0 Å². The highest BCUT2D eigenvalue weighted by Gasteiger charge is 2.21. The third-order valence-corrected chi connectivity index (χ3v) is 3.20. The lowest BCUT2D eigenvalue weighted by Crippen LogP contribution is -2.37. The van der Waals surface area contributed by atoms with Crippen LogP contribution >= 0.6 is 0 Å². The lowest BCUT2D eigenvalue weighted by atomic mass is 10.1. The van der Waals surface area contributed by atoms with Gasteiger partial charge in [-0.1, -0.05) is 6.92 Å². The van der Waals surface area contributed by atoms with Crippen molar-refractivity contribution in [2.75, 3.05) is 18.2 Å². The van der Waals surface area contributed by atoms with E-state index in [1.165, 1.54) is 0 Å². The molecule has 2 rings (SSSR count). The van der Waals surface area contributed by atoms with Crippen LogP contribution in [0.1, 0.15) is 20.8 Å². The molecule has 1 aromatic rings. The molecule has 1 heterocycles. The standard InChI is InChI=1S/C14H19NO4/c1-9(2)15(7-10(3)14(16)17)11-4-5-12-13(6-11)19-8-18-12/h4-6,9-10H,7-8H2,1-3H3,(H,16,17). The van der Waals surface area contributed by atoms with Gasteiger partial charge in [-0.05, 0) is 26.0 Å². The first-order valence-corrected chi connectivity index (χ1v) is 6.38. The van der Waals surface area contributed by atoms with Crippen LogP contribution in [-0.2, 0) is 4.79 Å². The van der Waals surface area contributed by atoms with Gasteiger partial charge in [-0.25, -0.2) is 0 Å². The van der Waals surface area contributed by atoms with Crippen LogP contribution in [0, 0.1) is 5.92 Å². The number of carbonyl (C=O) groups is 1. The molecule has 0 spiro atoms. The Morgan fingerprint density at radius 2 is 2.00 bits per heavy atom. The molecule has 1 aromatic carbocycles. The van der Waals surface area contributed by atoms with E-state index in [0.717, 1.165) is 11.4 Å². The molecule has 0 bridgehead atoms. The highest BCUT2D eigenvalue weighted by Crippen LogP contribution is 2.36. The van der Waals surface area contributed by atoms with E-state index >= 15 is 0 Å². The number of anilines is 1. The van der Waals surface area contributed by atoms with Crippen molar-refractivity contribution in [2.45, 2.75) is 26.8 Å². The molecule has 5 nitrogen and oxygen atoms in total. The Hall–Kier alpha value is -1.91. The van der Waals surface area contributed by atoms with Gasteiger partial charge >= 0.3 is 5.97 Å². The first-order valence-electron chi connectivity index (χ1n) is 6.38. The fraction of sp³-hybridized carbons (Fsp3) is 0.500. The molecule has 1 aliphatic heterocycles. The summed E-state index contributed by atoms with van der Waals surface area (Å²) in [4.78, 5) is 13.1. The van der Waals surface area contributed by atoms with Crippen LogP contribution in [0.25, 0.3) is 0 Å². The minimum absolute atomic E-state index is 0.210. The average Bonchev–Trinajstić information content (AvgIpc) is 2.81. The molecule has 104 valence electrons. The van der Waals surface area contributed by atoms with Crippen LogP contribution in [0.4, 0.5) is 5.69 Å². The fourth-order valence-electron chi connectivity index (χ4n) is 2.05. The van der Waals surface area contributed by atoms with Crippen molar-refractivity contribution in [1.82, 2.24) is 0 Å². The normalized spacial score (nSPS) is 14.5. The Bertz CT molecular complexity index is 473. The zero-order valence-corrected chi connectivity index (χ0v) is 11.4. The molecule has 1 atom stereocenters. The third kappa shape index (κ3) is 2.92. The molecule has 1 unspecified atom stereocenters. The first kappa shape index (κ1) is 13.5. The average molecular weight is 265 g/mol. The Morgan fingerprint density at radius 3 is 2.63 bits per heavy atom. The maximum atomic E-state index is 11.0. The summed E-state index contributed by atoms with van der Waals surface area (Å²) in [6.07, 6.45) is 0. The van der Waals surface area contributed by atoms with Gasteiger partial charge in [0.2, 0.25) is 6.79 Å². The van der Waals surface area contributed by atoms with E-state index in [9.17, 15) is 4.79 Å². The molecule has 1 aliphatic rings. The minimum atomic E-state index is -0.786. The highest BCUT2D eigenvalue weighted by molar-refractivity contribution is 5.70. The topological polar surface area (TPSA) is 59.0 Å². The molecule has 0 amide bonds. The zero-order valence-electron chi connectivity index (χ0n) is 11.4. The predicted molar refractivity (Wildman–Crippen MR) is 71.8 cm³/mol. The quantitative estimate of drug-likeness (QED) is 0.885. The van der Waals surface area contributed by atoms with Gasteiger partial charge in [0.15, 0.2) is 11.5 Å². The van der Waals surface area contributed by atoms with E-state index < -0.39 is 11.9 Å². The summed E-state index contributed by atoms with van der Waals surface area (Å²) >= 11 is 0. The smallest absolute Gasteiger partial charge is 0.308 e. The summed E-state index contributed by atoms with van der Waals surface area (Å²) in [6.45, 7) is 6.50. The molecule has 5 heteroatoms. The van der Waals surface area contributed by atoms with E-state index in [0.29, 0.717) is 12.3 Å². The summed E-state index contributed by atoms with van der Waals surface area (Å²) < 4.78 is 10.6. The molecular formula is C14H19NO4. The van der Waals surface area contributed by atoms with Crippen LogP contribution in [0.3, 0.4) is 0 Å². The number of hydrogen-bond acceptors (Lipinski definition) is 4. The van der Waals surface area contributed by atoms with Gasteiger partial charge in [0.05, 0.1) is 5.92 Å². The highest BCUT2D eigenvalue weighted by atomic mass is 16.7. The van der Waals surface area contributed by atoms with Crippen LogP contribution in [0.2, 0.25) is 0 Å². The number of fused-ring (bicyclic) bond motifs is 1. The number of aliphatic carboxylic acids is 1. The van der Waals surface area contributed by atoms with Crippen molar-refractivity contribution in [3.05, 3.63) is 18.2 Å². The summed E-state index contributed by atoms with van der Waals surface area (Å²) in [5, 5.41) is 9.04. The number of carboxylic acid groups (broad SMARTS) is 1. The number of carboxylic acids is 1. The molecule has 0 aromatic heterocycles. The maximum absolute atomic E-state index is 11.0. The van der Waals surface area contributed by atoms with E-state index in [-0.39, 0.29) is 12.8 Å². The van der Waals surface area contributed by atoms with E-state index in [4.69, 9.17) is 14.6 Å². The summed E-state index contributed by atoms with van der Waals surface area (Å²) in [5.74, 6) is 0.240. The molecule has 0 saturated carbocycles. The zero-order chi connectivity index (χ0) is 14.0. The number of ether oxygens (including phenoxy) is 2. The van der Waals surface area contributed by atoms with Gasteiger partial charge in [0, 0.05) is 24.3 Å². The van der Waals surface area contributed by atoms with Gasteiger partial charge in [-0.2, -0.15) is 0 Å². The van der Waals surface area contributed by atoms with Crippen LogP contribution in [0.15, 0.2) is 18.2 Å². The first-order chi connectivity index (χ1) is 8.99. The maximum Gasteiger partial charge on any atom is 0.308 e. The molecule has 0 radical (unpaired) electrons. The molecule has 0 saturated heterocycles. The van der Waals surface area contributed by atoms with E-state index in [1.807, 2.05) is 32.0 Å². The number of rotatable bonds is 5. The van der Waals surface area contributed by atoms with Crippen molar-refractivity contribution >= 4 is 11.7 Å². The largest absolute Gasteiger partial charge is 0.481 e. The number of hydrogen-bond donors (Lipinski definition) is 1. The minimum Gasteiger partial charge on any atom is -0.481 e. The Labute approximate surface area is 112 Å². The number of nitrogens with zero attached hydrogens (tertiary/aromatic N) is 1. The molecular weight excluding hydrogens is 246 g/mol. The number of benzene rings is 1. The van der Waals surface area contributed by atoms with Crippen molar-refractivity contribution in [2.24, 2.45) is 5.92 Å². The van der Waals surface area contributed by atoms with Crippen LogP contribution in [-0.4, -0.2) is 30.5 Å². The third-order valence-electron chi connectivity index (χ3n) is 3.20. The van der Waals surface area contributed by atoms with Gasteiger partial charge in [-0.15, -0.1) is 0 Å². The van der Waals surface area contributed by atoms with Crippen molar-refractivity contribution < 1.29 is 19.4 Å². The second kappa shape index (κ2) is 5.38. The monoisotopic (exact) mass is 265 g/mol. The summed E-state index contributed by atoms with van der Waals surface area (Å²) in [7, 11) is 0. The Kier molecular flexibility index (Phi) is 3.83. The molecule has 19 heavy (non-hydrogen) atoms. The predicted octanol–water partition coefficient (Wildman–Crippen LogP) is 2.35. The van der Waals surface area contributed by atoms with Crippen molar-refractivity contribution in [3.8, 4) is 11.5 Å². The molecule has 0 fully saturated rings. The molecule has 1 N–H and O–H groups in total.